The molecule has 1 aliphatic heterocycles. The Kier molecular flexibility index (Phi) is 4.19. The summed E-state index contributed by atoms with van der Waals surface area (Å²) >= 11 is 0. The van der Waals surface area contributed by atoms with Crippen molar-refractivity contribution in [3.05, 3.63) is 88.6 Å². The fourth-order valence-electron chi connectivity index (χ4n) is 4.59. The van der Waals surface area contributed by atoms with Gasteiger partial charge in [-0.25, -0.2) is 4.39 Å². The van der Waals surface area contributed by atoms with E-state index in [9.17, 15) is 9.18 Å². The van der Waals surface area contributed by atoms with E-state index in [0.29, 0.717) is 25.4 Å². The average molecular weight is 414 g/mol. The van der Waals surface area contributed by atoms with Gasteiger partial charge >= 0.3 is 0 Å². The van der Waals surface area contributed by atoms with Gasteiger partial charge in [0.25, 0.3) is 5.91 Å². The topological polar surface area (TPSA) is 53.9 Å². The Morgan fingerprint density at radius 2 is 2.06 bits per heavy atom. The number of H-pyrrole nitrogens is 1. The van der Waals surface area contributed by atoms with Gasteiger partial charge in [-0.15, -0.1) is 0 Å². The van der Waals surface area contributed by atoms with Gasteiger partial charge < -0.3 is 9.88 Å². The lowest BCUT2D eigenvalue weighted by atomic mass is 9.99. The zero-order valence-corrected chi connectivity index (χ0v) is 17.1. The molecule has 5 nitrogen and oxygen atoms in total. The Hall–Kier alpha value is -3.41. The molecule has 0 spiro atoms. The fraction of sp³-hybridized carbons (Fsp3) is 0.280. The van der Waals surface area contributed by atoms with Crippen LogP contribution in [-0.2, 0) is 26.1 Å². The zero-order chi connectivity index (χ0) is 20.9. The third kappa shape index (κ3) is 3.32. The van der Waals surface area contributed by atoms with Gasteiger partial charge in [-0.1, -0.05) is 18.2 Å². The van der Waals surface area contributed by atoms with Gasteiger partial charge in [-0.05, 0) is 60.6 Å². The molecule has 2 aromatic heterocycles. The van der Waals surface area contributed by atoms with Crippen LogP contribution >= 0.6 is 0 Å². The van der Waals surface area contributed by atoms with E-state index in [2.05, 4.69) is 16.1 Å². The van der Waals surface area contributed by atoms with Crippen LogP contribution in [0.15, 0.2) is 54.9 Å². The lowest BCUT2D eigenvalue weighted by Gasteiger charge is -2.17. The Labute approximate surface area is 179 Å². The molecule has 0 atom stereocenters. The molecule has 1 saturated carbocycles. The van der Waals surface area contributed by atoms with E-state index in [-0.39, 0.29) is 11.5 Å². The first-order chi connectivity index (χ1) is 15.2. The van der Waals surface area contributed by atoms with Crippen molar-refractivity contribution in [1.29, 1.82) is 0 Å². The minimum atomic E-state index is -0.468. The predicted octanol–water partition coefficient (Wildman–Crippen LogP) is 4.66. The number of carbonyl (C=O) groups is 1. The summed E-state index contributed by atoms with van der Waals surface area (Å²) < 4.78 is 16.7. The summed E-state index contributed by atoms with van der Waals surface area (Å²) in [6.45, 7) is 1.91. The number of aromatic amines is 1. The minimum absolute atomic E-state index is 0.144. The Bertz CT molecular complexity index is 1300. The highest BCUT2D eigenvalue weighted by atomic mass is 19.1. The molecule has 0 radical (unpaired) electrons. The summed E-state index contributed by atoms with van der Waals surface area (Å²) in [6, 6.07) is 13.1. The Balaban J connectivity index is 1.24. The van der Waals surface area contributed by atoms with Crippen LogP contribution in [0.1, 0.15) is 45.6 Å². The van der Waals surface area contributed by atoms with Gasteiger partial charge in [-0.2, -0.15) is 5.10 Å². The van der Waals surface area contributed by atoms with Crippen molar-refractivity contribution in [2.24, 2.45) is 5.92 Å². The summed E-state index contributed by atoms with van der Waals surface area (Å²) in [7, 11) is 0. The number of nitrogens with zero attached hydrogens (tertiary/aromatic N) is 3. The number of hydrogen-bond donors (Lipinski definition) is 1. The molecule has 2 aromatic carbocycles. The lowest BCUT2D eigenvalue weighted by Crippen LogP contribution is -2.27. The highest BCUT2D eigenvalue weighted by molar-refractivity contribution is 5.95. The van der Waals surface area contributed by atoms with Gasteiger partial charge in [0.15, 0.2) is 0 Å². The number of benzene rings is 2. The van der Waals surface area contributed by atoms with Crippen molar-refractivity contribution in [2.45, 2.75) is 38.9 Å². The van der Waals surface area contributed by atoms with Crippen molar-refractivity contribution in [1.82, 2.24) is 19.7 Å². The number of carbonyl (C=O) groups excluding carboxylic acids is 1. The monoisotopic (exact) mass is 414 g/mol. The van der Waals surface area contributed by atoms with Gasteiger partial charge in [0.1, 0.15) is 5.82 Å². The van der Waals surface area contributed by atoms with E-state index in [4.69, 9.17) is 0 Å². The Morgan fingerprint density at radius 1 is 1.16 bits per heavy atom. The predicted molar refractivity (Wildman–Crippen MR) is 116 cm³/mol. The number of aromatic nitrogens is 3. The molecule has 2 aliphatic rings. The first-order valence-electron chi connectivity index (χ1n) is 10.8. The van der Waals surface area contributed by atoms with Crippen LogP contribution in [0.25, 0.3) is 10.9 Å². The van der Waals surface area contributed by atoms with E-state index in [1.165, 1.54) is 18.9 Å². The molecule has 31 heavy (non-hydrogen) atoms. The molecular weight excluding hydrogens is 391 g/mol. The van der Waals surface area contributed by atoms with Gasteiger partial charge in [0.2, 0.25) is 0 Å². The molecule has 1 fully saturated rings. The largest absolute Gasteiger partial charge is 0.361 e. The van der Waals surface area contributed by atoms with Gasteiger partial charge in [-0.3, -0.25) is 9.48 Å². The van der Waals surface area contributed by atoms with Crippen molar-refractivity contribution in [3.63, 3.8) is 0 Å². The molecule has 3 heterocycles. The normalized spacial score (nSPS) is 15.6. The van der Waals surface area contributed by atoms with E-state index < -0.39 is 5.82 Å². The zero-order valence-electron chi connectivity index (χ0n) is 17.1. The number of halogens is 1. The molecule has 1 amide bonds. The minimum Gasteiger partial charge on any atom is -0.361 e. The number of hydrogen-bond acceptors (Lipinski definition) is 2. The van der Waals surface area contributed by atoms with E-state index in [1.807, 2.05) is 35.3 Å². The number of amides is 1. The highest BCUT2D eigenvalue weighted by Gasteiger charge is 2.31. The second-order valence-corrected chi connectivity index (χ2v) is 8.75. The first-order valence-corrected chi connectivity index (χ1v) is 10.8. The second-order valence-electron chi connectivity index (χ2n) is 8.75. The maximum Gasteiger partial charge on any atom is 0.257 e. The first kappa shape index (κ1) is 18.4. The smallest absolute Gasteiger partial charge is 0.257 e. The summed E-state index contributed by atoms with van der Waals surface area (Å²) in [5, 5.41) is 5.63. The quantitative estimate of drug-likeness (QED) is 0.516. The third-order valence-corrected chi connectivity index (χ3v) is 6.49. The number of fused-ring (bicyclic) bond motifs is 2. The van der Waals surface area contributed by atoms with Crippen molar-refractivity contribution >= 4 is 16.8 Å². The average Bonchev–Trinajstić information content (AvgIpc) is 3.14. The molecule has 0 unspecified atom stereocenters. The maximum atomic E-state index is 14.7. The second kappa shape index (κ2) is 7.08. The summed E-state index contributed by atoms with van der Waals surface area (Å²) in [4.78, 5) is 18.2. The van der Waals surface area contributed by atoms with Crippen LogP contribution < -0.4 is 0 Å². The molecule has 156 valence electrons. The molecular formula is C25H23FN4O. The van der Waals surface area contributed by atoms with Crippen LogP contribution in [0.4, 0.5) is 4.39 Å². The maximum absolute atomic E-state index is 14.7. The van der Waals surface area contributed by atoms with Crippen LogP contribution in [0.5, 0.6) is 0 Å². The van der Waals surface area contributed by atoms with Crippen LogP contribution in [0.3, 0.4) is 0 Å². The van der Waals surface area contributed by atoms with E-state index in [0.717, 1.165) is 39.8 Å². The summed E-state index contributed by atoms with van der Waals surface area (Å²) in [5.41, 5.74) is 5.46. The molecule has 1 aliphatic carbocycles. The fourth-order valence-corrected chi connectivity index (χ4v) is 4.59. The molecule has 1 N–H and O–H groups in total. The molecule has 6 rings (SSSR count). The summed E-state index contributed by atoms with van der Waals surface area (Å²) in [5.74, 6) is -0.00935. The molecule has 0 saturated heterocycles. The van der Waals surface area contributed by atoms with Crippen LogP contribution in [-0.4, -0.2) is 25.6 Å². The third-order valence-electron chi connectivity index (χ3n) is 6.49. The van der Waals surface area contributed by atoms with E-state index in [1.54, 1.807) is 17.0 Å². The van der Waals surface area contributed by atoms with Gasteiger partial charge in [0, 0.05) is 35.8 Å². The lowest BCUT2D eigenvalue weighted by molar-refractivity contribution is 0.0743. The standard InChI is InChI=1S/C25H23FN4O/c26-22-7-6-17(10-18-2-1-3-23-20(18)8-9-27-23)11-21(22)25(31)29-14-19-12-28-30(24(19)15-29)13-16-4-5-16/h1-3,6-9,11-12,16,27H,4-5,10,13-15H2. The van der Waals surface area contributed by atoms with Crippen molar-refractivity contribution in [3.8, 4) is 0 Å². The van der Waals surface area contributed by atoms with Crippen LogP contribution in [0.2, 0.25) is 0 Å². The van der Waals surface area contributed by atoms with Crippen molar-refractivity contribution < 1.29 is 9.18 Å². The SMILES string of the molecule is O=C(c1cc(Cc2cccc3[nH]ccc23)ccc1F)N1Cc2cnn(CC3CC3)c2C1. The summed E-state index contributed by atoms with van der Waals surface area (Å²) in [6.07, 6.45) is 6.93. The molecule has 6 heteroatoms. The number of rotatable bonds is 5. The molecule has 4 aromatic rings. The van der Waals surface area contributed by atoms with Crippen LogP contribution in [0, 0.1) is 11.7 Å². The molecule has 0 bridgehead atoms. The number of nitrogens with one attached hydrogen (secondary N) is 1. The Morgan fingerprint density at radius 3 is 2.94 bits per heavy atom. The van der Waals surface area contributed by atoms with E-state index >= 15 is 0 Å². The highest BCUT2D eigenvalue weighted by Crippen LogP contribution is 2.33. The van der Waals surface area contributed by atoms with Gasteiger partial charge in [0.05, 0.1) is 24.0 Å². The van der Waals surface area contributed by atoms with Crippen molar-refractivity contribution in [2.75, 3.05) is 0 Å².